The summed E-state index contributed by atoms with van der Waals surface area (Å²) < 4.78 is 5.33. The molecule has 4 heteroatoms. The Morgan fingerprint density at radius 2 is 2.09 bits per heavy atom. The standard InChI is InChI=1S/C18H18N2O2/c1-22-13-6-7-14-12(8-13)10-18(17(19)21)15-5-3-2-4-11(15)9-16(14)20-18/h2-8,16,20H,9-10H2,1H3,(H2,19,21). The predicted molar refractivity (Wildman–Crippen MR) is 83.6 cm³/mol. The molecule has 0 aliphatic carbocycles. The van der Waals surface area contributed by atoms with E-state index in [1.807, 2.05) is 30.3 Å². The summed E-state index contributed by atoms with van der Waals surface area (Å²) in [5, 5.41) is 3.50. The van der Waals surface area contributed by atoms with Crippen LogP contribution in [0.3, 0.4) is 0 Å². The highest BCUT2D eigenvalue weighted by Gasteiger charge is 2.48. The molecule has 2 bridgehead atoms. The average Bonchev–Trinajstić information content (AvgIpc) is 2.54. The Kier molecular flexibility index (Phi) is 2.78. The predicted octanol–water partition coefficient (Wildman–Crippen LogP) is 1.82. The van der Waals surface area contributed by atoms with Gasteiger partial charge in [0.15, 0.2) is 0 Å². The fourth-order valence-electron chi connectivity index (χ4n) is 3.87. The molecule has 1 amide bonds. The summed E-state index contributed by atoms with van der Waals surface area (Å²) in [6, 6.07) is 14.3. The van der Waals surface area contributed by atoms with Crippen molar-refractivity contribution >= 4 is 5.91 Å². The number of ether oxygens (including phenoxy) is 1. The first kappa shape index (κ1) is 13.3. The Morgan fingerprint density at radius 1 is 1.27 bits per heavy atom. The van der Waals surface area contributed by atoms with E-state index in [1.165, 1.54) is 11.1 Å². The molecule has 2 heterocycles. The van der Waals surface area contributed by atoms with Gasteiger partial charge in [0.25, 0.3) is 0 Å². The smallest absolute Gasteiger partial charge is 0.242 e. The first-order valence-electron chi connectivity index (χ1n) is 7.47. The fourth-order valence-corrected chi connectivity index (χ4v) is 3.87. The largest absolute Gasteiger partial charge is 0.497 e. The summed E-state index contributed by atoms with van der Waals surface area (Å²) in [5.41, 5.74) is 9.57. The van der Waals surface area contributed by atoms with E-state index in [1.54, 1.807) is 7.11 Å². The van der Waals surface area contributed by atoms with E-state index in [9.17, 15) is 4.79 Å². The van der Waals surface area contributed by atoms with Gasteiger partial charge in [-0.05, 0) is 40.8 Å². The van der Waals surface area contributed by atoms with Crippen LogP contribution in [-0.2, 0) is 23.2 Å². The van der Waals surface area contributed by atoms with Gasteiger partial charge < -0.3 is 10.5 Å². The molecule has 0 saturated heterocycles. The number of hydrogen-bond donors (Lipinski definition) is 2. The first-order valence-corrected chi connectivity index (χ1v) is 7.47. The zero-order valence-electron chi connectivity index (χ0n) is 12.4. The first-order chi connectivity index (χ1) is 10.6. The second kappa shape index (κ2) is 4.58. The Labute approximate surface area is 129 Å². The van der Waals surface area contributed by atoms with E-state index >= 15 is 0 Å². The van der Waals surface area contributed by atoms with E-state index in [0.29, 0.717) is 6.42 Å². The molecule has 112 valence electrons. The second-order valence-corrected chi connectivity index (χ2v) is 6.07. The number of carbonyl (C=O) groups excluding carboxylic acids is 1. The minimum Gasteiger partial charge on any atom is -0.497 e. The molecule has 2 atom stereocenters. The van der Waals surface area contributed by atoms with Gasteiger partial charge in [-0.1, -0.05) is 30.3 Å². The van der Waals surface area contributed by atoms with Crippen molar-refractivity contribution in [2.45, 2.75) is 24.4 Å². The van der Waals surface area contributed by atoms with Crippen molar-refractivity contribution in [3.63, 3.8) is 0 Å². The highest BCUT2D eigenvalue weighted by atomic mass is 16.5. The molecule has 4 nitrogen and oxygen atoms in total. The van der Waals surface area contributed by atoms with Crippen molar-refractivity contribution in [2.75, 3.05) is 7.11 Å². The van der Waals surface area contributed by atoms with Gasteiger partial charge in [-0.3, -0.25) is 10.1 Å². The third-order valence-corrected chi connectivity index (χ3v) is 4.92. The van der Waals surface area contributed by atoms with Crippen molar-refractivity contribution < 1.29 is 9.53 Å². The van der Waals surface area contributed by atoms with Crippen LogP contribution < -0.4 is 15.8 Å². The van der Waals surface area contributed by atoms with Crippen LogP contribution >= 0.6 is 0 Å². The molecule has 2 aliphatic heterocycles. The van der Waals surface area contributed by atoms with Gasteiger partial charge in [0.1, 0.15) is 11.3 Å². The quantitative estimate of drug-likeness (QED) is 0.888. The lowest BCUT2D eigenvalue weighted by molar-refractivity contribution is -0.125. The highest BCUT2D eigenvalue weighted by Crippen LogP contribution is 2.44. The molecule has 2 unspecified atom stereocenters. The molecule has 0 fully saturated rings. The van der Waals surface area contributed by atoms with Gasteiger partial charge in [0.2, 0.25) is 5.91 Å². The van der Waals surface area contributed by atoms with Gasteiger partial charge in [-0.15, -0.1) is 0 Å². The van der Waals surface area contributed by atoms with E-state index in [4.69, 9.17) is 10.5 Å². The summed E-state index contributed by atoms with van der Waals surface area (Å²) in [4.78, 5) is 12.3. The molecule has 0 radical (unpaired) electrons. The lowest BCUT2D eigenvalue weighted by Crippen LogP contribution is -2.60. The SMILES string of the molecule is COc1ccc2c(c1)CC1(C(N)=O)NC2Cc2ccccc21. The Bertz CT molecular complexity index is 771. The number of carbonyl (C=O) groups is 1. The number of methoxy groups -OCH3 is 1. The number of fused-ring (bicyclic) bond motifs is 6. The molecular formula is C18H18N2O2. The lowest BCUT2D eigenvalue weighted by Gasteiger charge is -2.46. The summed E-state index contributed by atoms with van der Waals surface area (Å²) in [7, 11) is 1.66. The molecule has 2 aromatic rings. The highest BCUT2D eigenvalue weighted by molar-refractivity contribution is 5.88. The molecule has 3 N–H and O–H groups in total. The molecule has 22 heavy (non-hydrogen) atoms. The van der Waals surface area contributed by atoms with Crippen LogP contribution in [-0.4, -0.2) is 13.0 Å². The number of nitrogens with one attached hydrogen (secondary N) is 1. The maximum atomic E-state index is 12.3. The van der Waals surface area contributed by atoms with Crippen molar-refractivity contribution in [2.24, 2.45) is 5.73 Å². The van der Waals surface area contributed by atoms with Gasteiger partial charge in [-0.2, -0.15) is 0 Å². The number of rotatable bonds is 2. The van der Waals surface area contributed by atoms with Gasteiger partial charge in [-0.25, -0.2) is 0 Å². The zero-order chi connectivity index (χ0) is 15.3. The van der Waals surface area contributed by atoms with E-state index in [0.717, 1.165) is 23.3 Å². The third kappa shape index (κ3) is 1.70. The van der Waals surface area contributed by atoms with E-state index in [2.05, 4.69) is 17.4 Å². The van der Waals surface area contributed by atoms with Gasteiger partial charge in [0.05, 0.1) is 7.11 Å². The van der Waals surface area contributed by atoms with Crippen LogP contribution in [0.15, 0.2) is 42.5 Å². The van der Waals surface area contributed by atoms with Crippen LogP contribution in [0.1, 0.15) is 28.3 Å². The van der Waals surface area contributed by atoms with E-state index in [-0.39, 0.29) is 11.9 Å². The summed E-state index contributed by atoms with van der Waals surface area (Å²) in [6.45, 7) is 0. The molecule has 0 saturated carbocycles. The third-order valence-electron chi connectivity index (χ3n) is 4.92. The Hall–Kier alpha value is -2.33. The molecule has 4 rings (SSSR count). The maximum absolute atomic E-state index is 12.3. The Morgan fingerprint density at radius 3 is 2.86 bits per heavy atom. The molecule has 2 aliphatic rings. The number of benzene rings is 2. The number of nitrogens with two attached hydrogens (primary N) is 1. The van der Waals surface area contributed by atoms with Gasteiger partial charge in [0, 0.05) is 12.5 Å². The van der Waals surface area contributed by atoms with Crippen LogP contribution in [0.25, 0.3) is 0 Å². The summed E-state index contributed by atoms with van der Waals surface area (Å²) in [6.07, 6.45) is 1.42. The summed E-state index contributed by atoms with van der Waals surface area (Å²) >= 11 is 0. The fraction of sp³-hybridized carbons (Fsp3) is 0.278. The molecule has 0 aromatic heterocycles. The molecule has 2 aromatic carbocycles. The van der Waals surface area contributed by atoms with E-state index < -0.39 is 5.54 Å². The summed E-state index contributed by atoms with van der Waals surface area (Å²) in [5.74, 6) is 0.491. The topological polar surface area (TPSA) is 64.3 Å². The maximum Gasteiger partial charge on any atom is 0.242 e. The molecular weight excluding hydrogens is 276 g/mol. The van der Waals surface area contributed by atoms with Crippen molar-refractivity contribution in [3.8, 4) is 5.75 Å². The number of amides is 1. The molecule has 0 spiro atoms. The lowest BCUT2D eigenvalue weighted by atomic mass is 9.70. The minimum atomic E-state index is -0.821. The Balaban J connectivity index is 1.93. The monoisotopic (exact) mass is 294 g/mol. The van der Waals surface area contributed by atoms with Crippen molar-refractivity contribution in [3.05, 3.63) is 64.7 Å². The number of primary amides is 1. The minimum absolute atomic E-state index is 0.108. The number of hydrogen-bond acceptors (Lipinski definition) is 3. The normalized spacial score (nSPS) is 25.0. The average molecular weight is 294 g/mol. The van der Waals surface area contributed by atoms with Crippen LogP contribution in [0.5, 0.6) is 5.75 Å². The second-order valence-electron chi connectivity index (χ2n) is 6.07. The van der Waals surface area contributed by atoms with Crippen molar-refractivity contribution in [1.29, 1.82) is 0 Å². The van der Waals surface area contributed by atoms with Crippen LogP contribution in [0, 0.1) is 0 Å². The van der Waals surface area contributed by atoms with Crippen LogP contribution in [0.2, 0.25) is 0 Å². The zero-order valence-corrected chi connectivity index (χ0v) is 12.4. The van der Waals surface area contributed by atoms with Crippen molar-refractivity contribution in [1.82, 2.24) is 5.32 Å². The van der Waals surface area contributed by atoms with Gasteiger partial charge >= 0.3 is 0 Å². The van der Waals surface area contributed by atoms with Crippen LogP contribution in [0.4, 0.5) is 0 Å².